The van der Waals surface area contributed by atoms with Crippen molar-refractivity contribution >= 4 is 15.9 Å². The molecule has 0 aliphatic heterocycles. The van der Waals surface area contributed by atoms with Crippen molar-refractivity contribution in [3.8, 4) is 0 Å². The highest BCUT2D eigenvalue weighted by molar-refractivity contribution is 9.10. The molecule has 1 aromatic rings. The third-order valence-electron chi connectivity index (χ3n) is 4.20. The van der Waals surface area contributed by atoms with E-state index in [1.54, 1.807) is 0 Å². The Morgan fingerprint density at radius 3 is 2.76 bits per heavy atom. The van der Waals surface area contributed by atoms with Crippen LogP contribution in [0, 0.1) is 11.8 Å². The van der Waals surface area contributed by atoms with E-state index in [0.29, 0.717) is 12.1 Å². The number of benzene rings is 1. The van der Waals surface area contributed by atoms with Crippen molar-refractivity contribution in [1.29, 1.82) is 0 Å². The molecule has 1 aromatic carbocycles. The maximum absolute atomic E-state index is 3.76. The Kier molecular flexibility index (Phi) is 3.10. The lowest BCUT2D eigenvalue weighted by Gasteiger charge is -2.42. The Labute approximate surface area is 111 Å². The van der Waals surface area contributed by atoms with Gasteiger partial charge in [0.05, 0.1) is 0 Å². The first kappa shape index (κ1) is 11.5. The molecule has 0 amide bonds. The normalized spacial score (nSPS) is 32.0. The zero-order valence-corrected chi connectivity index (χ0v) is 11.7. The summed E-state index contributed by atoms with van der Waals surface area (Å²) >= 11 is 3.48. The van der Waals surface area contributed by atoms with E-state index < -0.39 is 0 Å². The van der Waals surface area contributed by atoms with Gasteiger partial charge in [-0.1, -0.05) is 40.2 Å². The van der Waals surface area contributed by atoms with Gasteiger partial charge in [0.15, 0.2) is 0 Å². The van der Waals surface area contributed by atoms with E-state index in [2.05, 4.69) is 64.6 Å². The first-order valence-corrected chi connectivity index (χ1v) is 7.21. The van der Waals surface area contributed by atoms with Gasteiger partial charge >= 0.3 is 0 Å². The topological polar surface area (TPSA) is 12.0 Å². The largest absolute Gasteiger partial charge is 0.307 e. The zero-order valence-electron chi connectivity index (χ0n) is 10.1. The fraction of sp³-hybridized carbons (Fsp3) is 0.467. The summed E-state index contributed by atoms with van der Waals surface area (Å²) in [5, 5.41) is 3.76. The molecule has 90 valence electrons. The van der Waals surface area contributed by atoms with Crippen LogP contribution in [0.3, 0.4) is 0 Å². The molecule has 2 heteroatoms. The van der Waals surface area contributed by atoms with Crippen molar-refractivity contribution in [2.75, 3.05) is 0 Å². The Hall–Kier alpha value is -0.600. The van der Waals surface area contributed by atoms with Crippen molar-refractivity contribution in [3.05, 3.63) is 46.5 Å². The average Bonchev–Trinajstić information content (AvgIpc) is 2.68. The van der Waals surface area contributed by atoms with Crippen LogP contribution >= 0.6 is 15.9 Å². The summed E-state index contributed by atoms with van der Waals surface area (Å²) in [4.78, 5) is 0. The van der Waals surface area contributed by atoms with E-state index in [0.717, 1.165) is 16.3 Å². The predicted octanol–water partition coefficient (Wildman–Crippen LogP) is 4.06. The number of fused-ring (bicyclic) bond motifs is 1. The Balaban J connectivity index is 1.62. The van der Waals surface area contributed by atoms with Gasteiger partial charge in [-0.3, -0.25) is 0 Å². The standard InChI is InChI=1S/C15H18BrN/c1-10(11-5-7-13(16)8-6-11)17-15-9-12-3-2-4-14(12)15/h2,4-8,10,12,14-15,17H,3,9H2,1H3/t10-,12?,14?,15?/m1/s1. The maximum atomic E-state index is 3.76. The molecule has 0 aromatic heterocycles. The van der Waals surface area contributed by atoms with Crippen LogP contribution in [0.1, 0.15) is 31.4 Å². The molecule has 17 heavy (non-hydrogen) atoms. The van der Waals surface area contributed by atoms with Crippen LogP contribution in [-0.4, -0.2) is 6.04 Å². The van der Waals surface area contributed by atoms with E-state index >= 15 is 0 Å². The molecule has 1 fully saturated rings. The van der Waals surface area contributed by atoms with Gasteiger partial charge in [0.25, 0.3) is 0 Å². The minimum atomic E-state index is 0.447. The van der Waals surface area contributed by atoms with E-state index in [-0.39, 0.29) is 0 Å². The van der Waals surface area contributed by atoms with Gasteiger partial charge in [-0.15, -0.1) is 0 Å². The fourth-order valence-electron chi connectivity index (χ4n) is 3.08. The third kappa shape index (κ3) is 2.21. The molecule has 2 aliphatic carbocycles. The molecule has 3 unspecified atom stereocenters. The molecular formula is C15H18BrN. The second kappa shape index (κ2) is 4.58. The van der Waals surface area contributed by atoms with Gasteiger partial charge in [-0.2, -0.15) is 0 Å². The van der Waals surface area contributed by atoms with E-state index in [1.165, 1.54) is 18.4 Å². The Morgan fingerprint density at radius 1 is 1.29 bits per heavy atom. The SMILES string of the molecule is C[C@@H](NC1CC2CC=CC21)c1ccc(Br)cc1. The zero-order chi connectivity index (χ0) is 11.8. The molecule has 1 N–H and O–H groups in total. The van der Waals surface area contributed by atoms with Crippen molar-refractivity contribution in [2.45, 2.75) is 31.8 Å². The quantitative estimate of drug-likeness (QED) is 0.828. The van der Waals surface area contributed by atoms with Gasteiger partial charge < -0.3 is 5.32 Å². The molecule has 4 atom stereocenters. The van der Waals surface area contributed by atoms with Gasteiger partial charge in [-0.25, -0.2) is 0 Å². The van der Waals surface area contributed by atoms with Crippen LogP contribution < -0.4 is 5.32 Å². The summed E-state index contributed by atoms with van der Waals surface area (Å²) < 4.78 is 1.15. The first-order valence-electron chi connectivity index (χ1n) is 6.42. The van der Waals surface area contributed by atoms with Gasteiger partial charge in [0.1, 0.15) is 0 Å². The molecular weight excluding hydrogens is 274 g/mol. The Morgan fingerprint density at radius 2 is 2.06 bits per heavy atom. The summed E-state index contributed by atoms with van der Waals surface area (Å²) in [5.41, 5.74) is 1.37. The smallest absolute Gasteiger partial charge is 0.0294 e. The van der Waals surface area contributed by atoms with Gasteiger partial charge in [-0.05, 0) is 49.3 Å². The molecule has 2 aliphatic rings. The number of halogens is 1. The van der Waals surface area contributed by atoms with Crippen molar-refractivity contribution < 1.29 is 0 Å². The number of hydrogen-bond donors (Lipinski definition) is 1. The number of nitrogens with one attached hydrogen (secondary N) is 1. The molecule has 0 heterocycles. The van der Waals surface area contributed by atoms with Gasteiger partial charge in [0, 0.05) is 16.6 Å². The molecule has 0 saturated heterocycles. The summed E-state index contributed by atoms with van der Waals surface area (Å²) in [6.07, 6.45) is 7.40. The maximum Gasteiger partial charge on any atom is 0.0294 e. The lowest BCUT2D eigenvalue weighted by molar-refractivity contribution is 0.152. The van der Waals surface area contributed by atoms with Crippen LogP contribution in [0.4, 0.5) is 0 Å². The summed E-state index contributed by atoms with van der Waals surface area (Å²) in [5.74, 6) is 1.73. The number of allylic oxidation sites excluding steroid dienone is 1. The van der Waals surface area contributed by atoms with E-state index in [4.69, 9.17) is 0 Å². The molecule has 0 spiro atoms. The highest BCUT2D eigenvalue weighted by Crippen LogP contribution is 2.43. The Bertz CT molecular complexity index is 423. The van der Waals surface area contributed by atoms with E-state index in [1.807, 2.05) is 0 Å². The molecule has 3 rings (SSSR count). The van der Waals surface area contributed by atoms with Crippen molar-refractivity contribution in [3.63, 3.8) is 0 Å². The minimum Gasteiger partial charge on any atom is -0.307 e. The van der Waals surface area contributed by atoms with Crippen LogP contribution in [0.15, 0.2) is 40.9 Å². The molecule has 0 radical (unpaired) electrons. The van der Waals surface area contributed by atoms with Crippen LogP contribution in [0.25, 0.3) is 0 Å². The summed E-state index contributed by atoms with van der Waals surface area (Å²) in [6.45, 7) is 2.26. The summed E-state index contributed by atoms with van der Waals surface area (Å²) in [6, 6.07) is 9.77. The van der Waals surface area contributed by atoms with Crippen LogP contribution in [-0.2, 0) is 0 Å². The lowest BCUT2D eigenvalue weighted by atomic mass is 9.71. The molecule has 1 saturated carbocycles. The van der Waals surface area contributed by atoms with Gasteiger partial charge in [0.2, 0.25) is 0 Å². The second-order valence-corrected chi connectivity index (χ2v) is 6.20. The monoisotopic (exact) mass is 291 g/mol. The summed E-state index contributed by atoms with van der Waals surface area (Å²) in [7, 11) is 0. The third-order valence-corrected chi connectivity index (χ3v) is 4.73. The van der Waals surface area contributed by atoms with Crippen molar-refractivity contribution in [1.82, 2.24) is 5.32 Å². The molecule has 1 nitrogen and oxygen atoms in total. The number of rotatable bonds is 3. The average molecular weight is 292 g/mol. The predicted molar refractivity (Wildman–Crippen MR) is 74.8 cm³/mol. The van der Waals surface area contributed by atoms with Crippen LogP contribution in [0.5, 0.6) is 0 Å². The van der Waals surface area contributed by atoms with Crippen LogP contribution in [0.2, 0.25) is 0 Å². The first-order chi connectivity index (χ1) is 8.24. The molecule has 0 bridgehead atoms. The van der Waals surface area contributed by atoms with E-state index in [9.17, 15) is 0 Å². The fourth-order valence-corrected chi connectivity index (χ4v) is 3.34. The van der Waals surface area contributed by atoms with Crippen molar-refractivity contribution in [2.24, 2.45) is 11.8 Å². The second-order valence-electron chi connectivity index (χ2n) is 5.28. The minimum absolute atomic E-state index is 0.447. The highest BCUT2D eigenvalue weighted by Gasteiger charge is 2.41. The highest BCUT2D eigenvalue weighted by atomic mass is 79.9. The number of hydrogen-bond acceptors (Lipinski definition) is 1. The lowest BCUT2D eigenvalue weighted by Crippen LogP contribution is -2.48.